The number of carbonyl (C=O) groups excluding carboxylic acids is 1. The van der Waals surface area contributed by atoms with Gasteiger partial charge in [-0.15, -0.1) is 10.2 Å². The molecule has 1 heterocycles. The molecule has 0 aliphatic rings. The first-order valence-corrected chi connectivity index (χ1v) is 7.97. The number of benzene rings is 2. The average molecular weight is 321 g/mol. The smallest absolute Gasteiger partial charge is 0.250 e. The zero-order valence-electron chi connectivity index (χ0n) is 12.6. The highest BCUT2D eigenvalue weighted by Gasteiger charge is 2.08. The van der Waals surface area contributed by atoms with Gasteiger partial charge in [0.1, 0.15) is 5.01 Å². The molecule has 114 valence electrons. The van der Waals surface area contributed by atoms with Gasteiger partial charge >= 0.3 is 0 Å². The molecular formula is C18H15N3OS. The van der Waals surface area contributed by atoms with Crippen molar-refractivity contribution in [2.45, 2.75) is 6.92 Å². The Kier molecular flexibility index (Phi) is 4.59. The Morgan fingerprint density at radius 2 is 1.91 bits per heavy atom. The Hall–Kier alpha value is -2.79. The summed E-state index contributed by atoms with van der Waals surface area (Å²) in [6.07, 6.45) is 3.25. The van der Waals surface area contributed by atoms with Crippen molar-refractivity contribution in [3.63, 3.8) is 0 Å². The molecule has 3 rings (SSSR count). The predicted octanol–water partition coefficient (Wildman–Crippen LogP) is 4.17. The van der Waals surface area contributed by atoms with Gasteiger partial charge in [0.25, 0.3) is 0 Å². The summed E-state index contributed by atoms with van der Waals surface area (Å²) in [5, 5.41) is 12.2. The highest BCUT2D eigenvalue weighted by Crippen LogP contribution is 2.26. The number of anilines is 1. The number of aryl methyl sites for hydroxylation is 1. The monoisotopic (exact) mass is 321 g/mol. The van der Waals surface area contributed by atoms with E-state index in [9.17, 15) is 4.79 Å². The fraction of sp³-hybridized carbons (Fsp3) is 0.0556. The van der Waals surface area contributed by atoms with E-state index >= 15 is 0 Å². The van der Waals surface area contributed by atoms with Crippen molar-refractivity contribution in [2.75, 3.05) is 5.32 Å². The first kappa shape index (κ1) is 15.1. The zero-order chi connectivity index (χ0) is 16.1. The summed E-state index contributed by atoms with van der Waals surface area (Å²) >= 11 is 1.36. The van der Waals surface area contributed by atoms with Gasteiger partial charge in [0, 0.05) is 11.6 Å². The first-order valence-electron chi connectivity index (χ1n) is 7.15. The fourth-order valence-corrected chi connectivity index (χ4v) is 2.79. The fourth-order valence-electron chi connectivity index (χ4n) is 2.05. The van der Waals surface area contributed by atoms with E-state index in [0.717, 1.165) is 21.7 Å². The Bertz CT molecular complexity index is 840. The molecule has 1 N–H and O–H groups in total. The molecule has 2 aromatic carbocycles. The van der Waals surface area contributed by atoms with Crippen LogP contribution in [0.3, 0.4) is 0 Å². The van der Waals surface area contributed by atoms with Crippen LogP contribution in [0.4, 0.5) is 5.13 Å². The number of amides is 1. The maximum atomic E-state index is 11.9. The number of hydrogen-bond acceptors (Lipinski definition) is 4. The van der Waals surface area contributed by atoms with E-state index in [4.69, 9.17) is 0 Å². The molecule has 0 fully saturated rings. The lowest BCUT2D eigenvalue weighted by Crippen LogP contribution is -2.07. The van der Waals surface area contributed by atoms with Gasteiger partial charge in [-0.05, 0) is 24.6 Å². The summed E-state index contributed by atoms with van der Waals surface area (Å²) in [5.74, 6) is -0.221. The minimum absolute atomic E-state index is 0.221. The molecule has 4 nitrogen and oxygen atoms in total. The zero-order valence-corrected chi connectivity index (χ0v) is 13.4. The van der Waals surface area contributed by atoms with Gasteiger partial charge in [-0.3, -0.25) is 10.1 Å². The van der Waals surface area contributed by atoms with Crippen LogP contribution in [0.25, 0.3) is 16.6 Å². The van der Waals surface area contributed by atoms with Crippen molar-refractivity contribution in [3.05, 3.63) is 71.8 Å². The molecule has 0 unspecified atom stereocenters. The molecule has 1 aromatic heterocycles. The molecule has 5 heteroatoms. The second kappa shape index (κ2) is 6.98. The van der Waals surface area contributed by atoms with Crippen LogP contribution >= 0.6 is 11.3 Å². The average Bonchev–Trinajstić information content (AvgIpc) is 3.02. The SMILES string of the molecule is Cc1cccc(-c2nnc(NC(=O)C=Cc3ccccc3)s2)c1. The molecule has 0 aliphatic heterocycles. The van der Waals surface area contributed by atoms with Crippen LogP contribution in [0, 0.1) is 6.92 Å². The maximum absolute atomic E-state index is 11.9. The molecular weight excluding hydrogens is 306 g/mol. The van der Waals surface area contributed by atoms with Crippen LogP contribution in [-0.2, 0) is 4.79 Å². The van der Waals surface area contributed by atoms with Gasteiger partial charge < -0.3 is 0 Å². The number of hydrogen-bond donors (Lipinski definition) is 1. The van der Waals surface area contributed by atoms with Gasteiger partial charge in [-0.1, -0.05) is 65.4 Å². The lowest BCUT2D eigenvalue weighted by molar-refractivity contribution is -0.111. The largest absolute Gasteiger partial charge is 0.297 e. The van der Waals surface area contributed by atoms with Crippen LogP contribution in [-0.4, -0.2) is 16.1 Å². The molecule has 0 atom stereocenters. The highest BCUT2D eigenvalue weighted by atomic mass is 32.1. The molecule has 0 saturated carbocycles. The van der Waals surface area contributed by atoms with Crippen LogP contribution in [0.5, 0.6) is 0 Å². The van der Waals surface area contributed by atoms with E-state index in [2.05, 4.69) is 15.5 Å². The molecule has 23 heavy (non-hydrogen) atoms. The molecule has 0 spiro atoms. The first-order chi connectivity index (χ1) is 11.2. The van der Waals surface area contributed by atoms with Gasteiger partial charge in [0.05, 0.1) is 0 Å². The van der Waals surface area contributed by atoms with E-state index in [1.54, 1.807) is 6.08 Å². The topological polar surface area (TPSA) is 54.9 Å². The lowest BCUT2D eigenvalue weighted by atomic mass is 10.1. The third-order valence-electron chi connectivity index (χ3n) is 3.15. The van der Waals surface area contributed by atoms with Gasteiger partial charge in [-0.25, -0.2) is 0 Å². The number of carbonyl (C=O) groups is 1. The molecule has 0 saturated heterocycles. The lowest BCUT2D eigenvalue weighted by Gasteiger charge is -1.96. The van der Waals surface area contributed by atoms with Crippen LogP contribution in [0.2, 0.25) is 0 Å². The normalized spacial score (nSPS) is 10.8. The van der Waals surface area contributed by atoms with Crippen molar-refractivity contribution in [1.29, 1.82) is 0 Å². The number of nitrogens with one attached hydrogen (secondary N) is 1. The van der Waals surface area contributed by atoms with Crippen LogP contribution in [0.1, 0.15) is 11.1 Å². The van der Waals surface area contributed by atoms with Crippen LogP contribution in [0.15, 0.2) is 60.7 Å². The second-order valence-electron chi connectivity index (χ2n) is 5.02. The van der Waals surface area contributed by atoms with E-state index in [1.165, 1.54) is 17.4 Å². The van der Waals surface area contributed by atoms with E-state index < -0.39 is 0 Å². The Balaban J connectivity index is 1.67. The Morgan fingerprint density at radius 3 is 2.70 bits per heavy atom. The second-order valence-corrected chi connectivity index (χ2v) is 5.99. The Labute approximate surface area is 138 Å². The summed E-state index contributed by atoms with van der Waals surface area (Å²) in [6.45, 7) is 2.03. The highest BCUT2D eigenvalue weighted by molar-refractivity contribution is 7.18. The van der Waals surface area contributed by atoms with Crippen molar-refractivity contribution in [3.8, 4) is 10.6 Å². The van der Waals surface area contributed by atoms with Gasteiger partial charge in [0.2, 0.25) is 11.0 Å². The van der Waals surface area contributed by atoms with Crippen LogP contribution < -0.4 is 5.32 Å². The summed E-state index contributed by atoms with van der Waals surface area (Å²) in [7, 11) is 0. The standard InChI is InChI=1S/C18H15N3OS/c1-13-6-5-9-15(12-13)17-20-21-18(23-17)19-16(22)11-10-14-7-3-2-4-8-14/h2-12H,1H3,(H,19,21,22). The molecule has 0 aliphatic carbocycles. The molecule has 0 radical (unpaired) electrons. The number of nitrogens with zero attached hydrogens (tertiary/aromatic N) is 2. The van der Waals surface area contributed by atoms with E-state index in [1.807, 2.05) is 61.5 Å². The third kappa shape index (κ3) is 4.11. The summed E-state index contributed by atoms with van der Waals surface area (Å²) < 4.78 is 0. The molecule has 1 amide bonds. The number of aromatic nitrogens is 2. The van der Waals surface area contributed by atoms with Crippen molar-refractivity contribution in [1.82, 2.24) is 10.2 Å². The molecule has 0 bridgehead atoms. The molecule has 3 aromatic rings. The third-order valence-corrected chi connectivity index (χ3v) is 4.03. The van der Waals surface area contributed by atoms with Crippen molar-refractivity contribution < 1.29 is 4.79 Å². The summed E-state index contributed by atoms with van der Waals surface area (Å²) in [5.41, 5.74) is 3.14. The van der Waals surface area contributed by atoms with E-state index in [-0.39, 0.29) is 5.91 Å². The minimum atomic E-state index is -0.221. The number of rotatable bonds is 4. The van der Waals surface area contributed by atoms with Crippen molar-refractivity contribution >= 4 is 28.5 Å². The summed E-state index contributed by atoms with van der Waals surface area (Å²) in [4.78, 5) is 11.9. The van der Waals surface area contributed by atoms with E-state index in [0.29, 0.717) is 5.13 Å². The Morgan fingerprint density at radius 1 is 1.09 bits per heavy atom. The maximum Gasteiger partial charge on any atom is 0.250 e. The quantitative estimate of drug-likeness (QED) is 0.734. The van der Waals surface area contributed by atoms with Crippen molar-refractivity contribution in [2.24, 2.45) is 0 Å². The van der Waals surface area contributed by atoms with Gasteiger partial charge in [0.15, 0.2) is 0 Å². The predicted molar refractivity (Wildman–Crippen MR) is 94.2 cm³/mol. The minimum Gasteiger partial charge on any atom is -0.297 e. The van der Waals surface area contributed by atoms with Gasteiger partial charge in [-0.2, -0.15) is 0 Å². The summed E-state index contributed by atoms with van der Waals surface area (Å²) in [6, 6.07) is 17.7.